The number of anilines is 1. The lowest BCUT2D eigenvalue weighted by atomic mass is 9.88. The lowest BCUT2D eigenvalue weighted by molar-refractivity contribution is -0.204. The van der Waals surface area contributed by atoms with E-state index in [9.17, 15) is 19.5 Å². The molecule has 1 unspecified atom stereocenters. The van der Waals surface area contributed by atoms with Gasteiger partial charge in [-0.25, -0.2) is 4.79 Å². The summed E-state index contributed by atoms with van der Waals surface area (Å²) in [5, 5.41) is 22.0. The van der Waals surface area contributed by atoms with Gasteiger partial charge >= 0.3 is 5.97 Å². The number of hydrogen-bond donors (Lipinski definition) is 3. The molecule has 240 valence electrons. The van der Waals surface area contributed by atoms with Gasteiger partial charge in [0.2, 0.25) is 11.5 Å². The standard InChI is InChI=1S/C38H32N4O6/c1-3-28(43)40-25-15-7-4-11-21(25)12-10-18-47-36(45)38(46)19-29-41-26-16-8-5-13-22(26)31-32-24(20-39-35(32)44)30-23-14-6-9-17-27(23)42(34(30)33(31)41)37(38,2)48-29/h3-9,11,13-17,29,46H,1,10,12,18-20H2,2H3,(H,39,44)(H,40,43)/t29?,37-,38-/m0/s1. The van der Waals surface area contributed by atoms with Crippen molar-refractivity contribution in [1.82, 2.24) is 14.5 Å². The molecule has 2 amide bonds. The summed E-state index contributed by atoms with van der Waals surface area (Å²) in [6.45, 7) is 5.71. The number of rotatable bonds is 7. The monoisotopic (exact) mass is 640 g/mol. The zero-order valence-electron chi connectivity index (χ0n) is 26.2. The maximum absolute atomic E-state index is 14.2. The number of fused-ring (bicyclic) bond motifs is 13. The van der Waals surface area contributed by atoms with Crippen LogP contribution in [0.1, 0.15) is 47.5 Å². The number of ether oxygens (including phenoxy) is 2. The van der Waals surface area contributed by atoms with Crippen molar-refractivity contribution in [1.29, 1.82) is 0 Å². The van der Waals surface area contributed by atoms with E-state index in [1.807, 2.05) is 77.4 Å². The maximum Gasteiger partial charge on any atom is 0.343 e. The SMILES string of the molecule is C=CC(=O)Nc1ccccc1CCCOC(=O)[C@@]1(O)CC2O[C@]1(C)n1c3ccccc3c3c4c(c5c6ccccc6n2c5c31)C(=O)NC4. The van der Waals surface area contributed by atoms with Crippen LogP contribution in [-0.2, 0) is 37.8 Å². The molecule has 5 heterocycles. The summed E-state index contributed by atoms with van der Waals surface area (Å²) in [6, 6.07) is 23.2. The Morgan fingerprint density at radius 1 is 1.04 bits per heavy atom. The van der Waals surface area contributed by atoms with Gasteiger partial charge in [-0.3, -0.25) is 9.59 Å². The molecule has 9 rings (SSSR count). The Kier molecular flexibility index (Phi) is 6.00. The van der Waals surface area contributed by atoms with Crippen molar-refractivity contribution in [3.8, 4) is 0 Å². The van der Waals surface area contributed by atoms with Gasteiger partial charge in [-0.2, -0.15) is 0 Å². The molecule has 1 fully saturated rings. The van der Waals surface area contributed by atoms with Crippen LogP contribution in [0, 0.1) is 0 Å². The fourth-order valence-corrected chi connectivity index (χ4v) is 8.31. The van der Waals surface area contributed by atoms with E-state index in [0.29, 0.717) is 30.6 Å². The van der Waals surface area contributed by atoms with Crippen LogP contribution in [0.3, 0.4) is 0 Å². The molecule has 3 aliphatic heterocycles. The van der Waals surface area contributed by atoms with Crippen LogP contribution >= 0.6 is 0 Å². The van der Waals surface area contributed by atoms with Gasteiger partial charge in [0.1, 0.15) is 6.23 Å². The number of benzene rings is 4. The van der Waals surface area contributed by atoms with Crippen LogP contribution in [-0.4, -0.2) is 44.2 Å². The second-order valence-corrected chi connectivity index (χ2v) is 12.9. The van der Waals surface area contributed by atoms with Crippen LogP contribution in [0.15, 0.2) is 85.5 Å². The number of esters is 1. The van der Waals surface area contributed by atoms with Gasteiger partial charge in [-0.05, 0) is 55.2 Å². The quantitative estimate of drug-likeness (QED) is 0.115. The van der Waals surface area contributed by atoms with Crippen LogP contribution < -0.4 is 10.6 Å². The van der Waals surface area contributed by atoms with Crippen molar-refractivity contribution in [3.05, 3.63) is 102 Å². The molecule has 3 aliphatic rings. The molecule has 6 aromatic rings. The number of amides is 2. The van der Waals surface area contributed by atoms with Gasteiger partial charge in [-0.15, -0.1) is 0 Å². The van der Waals surface area contributed by atoms with Gasteiger partial charge in [0, 0.05) is 40.2 Å². The molecule has 48 heavy (non-hydrogen) atoms. The van der Waals surface area contributed by atoms with E-state index in [1.54, 1.807) is 6.92 Å². The molecule has 2 aromatic heterocycles. The van der Waals surface area contributed by atoms with Crippen LogP contribution in [0.2, 0.25) is 0 Å². The van der Waals surface area contributed by atoms with Crippen LogP contribution in [0.4, 0.5) is 5.69 Å². The molecule has 3 atom stereocenters. The smallest absolute Gasteiger partial charge is 0.343 e. The van der Waals surface area contributed by atoms with Gasteiger partial charge in [0.05, 0.1) is 34.2 Å². The highest BCUT2D eigenvalue weighted by atomic mass is 16.6. The lowest BCUT2D eigenvalue weighted by Crippen LogP contribution is -2.56. The predicted octanol–water partition coefficient (Wildman–Crippen LogP) is 5.78. The Labute approximate surface area is 274 Å². The normalized spacial score (nSPS) is 22.4. The summed E-state index contributed by atoms with van der Waals surface area (Å²) in [6.07, 6.45) is 1.45. The van der Waals surface area contributed by atoms with E-state index in [2.05, 4.69) is 21.8 Å². The van der Waals surface area contributed by atoms with E-state index < -0.39 is 23.5 Å². The first-order chi connectivity index (χ1) is 23.3. The molecule has 2 bridgehead atoms. The Hall–Kier alpha value is -5.45. The number of para-hydroxylation sites is 3. The third-order valence-electron chi connectivity index (χ3n) is 10.5. The largest absolute Gasteiger partial charge is 0.463 e. The fraction of sp³-hybridized carbons (Fsp3) is 0.237. The average molecular weight is 641 g/mol. The first kappa shape index (κ1) is 28.7. The second-order valence-electron chi connectivity index (χ2n) is 12.9. The van der Waals surface area contributed by atoms with E-state index in [4.69, 9.17) is 9.47 Å². The van der Waals surface area contributed by atoms with Gasteiger partial charge in [0.25, 0.3) is 5.91 Å². The molecule has 1 saturated heterocycles. The number of aryl methyl sites for hydroxylation is 1. The number of aliphatic hydroxyl groups is 1. The first-order valence-corrected chi connectivity index (χ1v) is 16.1. The fourth-order valence-electron chi connectivity index (χ4n) is 8.31. The van der Waals surface area contributed by atoms with Crippen molar-refractivity contribution in [2.75, 3.05) is 11.9 Å². The molecule has 0 saturated carbocycles. The molecule has 4 aromatic carbocycles. The topological polar surface area (TPSA) is 124 Å². The van der Waals surface area contributed by atoms with Crippen molar-refractivity contribution in [3.63, 3.8) is 0 Å². The van der Waals surface area contributed by atoms with E-state index in [0.717, 1.165) is 54.7 Å². The molecular formula is C38H32N4O6. The number of nitrogens with one attached hydrogen (secondary N) is 2. The summed E-state index contributed by atoms with van der Waals surface area (Å²) in [5.74, 6) is -1.18. The molecule has 10 nitrogen and oxygen atoms in total. The van der Waals surface area contributed by atoms with E-state index in [-0.39, 0.29) is 24.8 Å². The van der Waals surface area contributed by atoms with Crippen molar-refractivity contribution in [2.24, 2.45) is 0 Å². The predicted molar refractivity (Wildman–Crippen MR) is 182 cm³/mol. The number of carbonyl (C=O) groups is 3. The van der Waals surface area contributed by atoms with Gasteiger partial charge in [0.15, 0.2) is 5.72 Å². The molecule has 0 aliphatic carbocycles. The Bertz CT molecular complexity index is 2420. The third kappa shape index (κ3) is 3.61. The maximum atomic E-state index is 14.2. The average Bonchev–Trinajstić information content (AvgIpc) is 3.80. The number of nitrogens with zero attached hydrogens (tertiary/aromatic N) is 2. The van der Waals surface area contributed by atoms with E-state index >= 15 is 0 Å². The van der Waals surface area contributed by atoms with Crippen LogP contribution in [0.25, 0.3) is 43.6 Å². The highest BCUT2D eigenvalue weighted by Gasteiger charge is 2.66. The summed E-state index contributed by atoms with van der Waals surface area (Å²) < 4.78 is 16.7. The van der Waals surface area contributed by atoms with Gasteiger partial charge < -0.3 is 34.3 Å². The third-order valence-corrected chi connectivity index (χ3v) is 10.5. The molecule has 10 heteroatoms. The minimum atomic E-state index is -2.05. The van der Waals surface area contributed by atoms with Crippen molar-refractivity contribution in [2.45, 2.75) is 50.3 Å². The minimum absolute atomic E-state index is 0.0523. The highest BCUT2D eigenvalue weighted by Crippen LogP contribution is 2.57. The van der Waals surface area contributed by atoms with Crippen molar-refractivity contribution >= 4 is 67.1 Å². The number of carbonyl (C=O) groups excluding carboxylic acids is 3. The molecule has 0 spiro atoms. The highest BCUT2D eigenvalue weighted by molar-refractivity contribution is 6.31. The van der Waals surface area contributed by atoms with Gasteiger partial charge in [-0.1, -0.05) is 61.2 Å². The zero-order chi connectivity index (χ0) is 32.9. The molecule has 0 radical (unpaired) electrons. The summed E-state index contributed by atoms with van der Waals surface area (Å²) in [4.78, 5) is 39.5. The summed E-state index contributed by atoms with van der Waals surface area (Å²) >= 11 is 0. The second kappa shape index (κ2) is 10.0. The minimum Gasteiger partial charge on any atom is -0.463 e. The first-order valence-electron chi connectivity index (χ1n) is 16.1. The zero-order valence-corrected chi connectivity index (χ0v) is 26.2. The summed E-state index contributed by atoms with van der Waals surface area (Å²) in [5.41, 5.74) is 2.84. The summed E-state index contributed by atoms with van der Waals surface area (Å²) in [7, 11) is 0. The Morgan fingerprint density at radius 2 is 1.75 bits per heavy atom. The Balaban J connectivity index is 1.16. The van der Waals surface area contributed by atoms with Crippen molar-refractivity contribution < 1.29 is 29.0 Å². The Morgan fingerprint density at radius 3 is 2.54 bits per heavy atom. The lowest BCUT2D eigenvalue weighted by Gasteiger charge is -2.37. The number of hydrogen-bond acceptors (Lipinski definition) is 6. The van der Waals surface area contributed by atoms with Crippen LogP contribution in [0.5, 0.6) is 0 Å². The molecular weight excluding hydrogens is 608 g/mol. The molecule has 3 N–H and O–H groups in total. The number of aromatic nitrogens is 2. The van der Waals surface area contributed by atoms with E-state index in [1.165, 1.54) is 6.08 Å².